The van der Waals surface area contributed by atoms with Crippen molar-refractivity contribution in [2.45, 2.75) is 32.6 Å². The van der Waals surface area contributed by atoms with Crippen LogP contribution in [0.2, 0.25) is 0 Å². The average Bonchev–Trinajstić information content (AvgIpc) is 2.90. The molecule has 0 heterocycles. The van der Waals surface area contributed by atoms with Crippen LogP contribution in [0.25, 0.3) is 0 Å². The number of rotatable bonds is 3. The lowest BCUT2D eigenvalue weighted by Gasteiger charge is -2.19. The summed E-state index contributed by atoms with van der Waals surface area (Å²) in [5.74, 6) is -0.311. The zero-order chi connectivity index (χ0) is 14.8. The molecule has 6 heteroatoms. The number of non-ortho nitro benzene ring substituents is 1. The van der Waals surface area contributed by atoms with Crippen molar-refractivity contribution in [1.29, 1.82) is 5.26 Å². The molecule has 6 nitrogen and oxygen atoms in total. The topological polar surface area (TPSA) is 96.0 Å². The molecule has 1 aromatic carbocycles. The lowest BCUT2D eigenvalue weighted by Crippen LogP contribution is -2.32. The first-order chi connectivity index (χ1) is 9.48. The van der Waals surface area contributed by atoms with E-state index in [0.29, 0.717) is 24.1 Å². The summed E-state index contributed by atoms with van der Waals surface area (Å²) in [7, 11) is 0. The lowest BCUT2D eigenvalue weighted by molar-refractivity contribution is -0.384. The summed E-state index contributed by atoms with van der Waals surface area (Å²) in [6.07, 6.45) is 2.89. The van der Waals surface area contributed by atoms with Gasteiger partial charge in [-0.05, 0) is 31.4 Å². The molecule has 0 unspecified atom stereocenters. The van der Waals surface area contributed by atoms with Gasteiger partial charge in [0.2, 0.25) is 5.91 Å². The minimum atomic E-state index is -0.950. The second-order valence-corrected chi connectivity index (χ2v) is 5.11. The molecule has 1 N–H and O–H groups in total. The molecule has 1 aliphatic rings. The smallest absolute Gasteiger partial charge is 0.269 e. The number of carbonyl (C=O) groups is 1. The molecular weight excluding hydrogens is 258 g/mol. The lowest BCUT2D eigenvalue weighted by atomic mass is 9.87. The zero-order valence-electron chi connectivity index (χ0n) is 11.2. The van der Waals surface area contributed by atoms with E-state index in [1.807, 2.05) is 0 Å². The first-order valence-corrected chi connectivity index (χ1v) is 6.46. The number of hydrogen-bond donors (Lipinski definition) is 1. The summed E-state index contributed by atoms with van der Waals surface area (Å²) in [6.45, 7) is 1.69. The van der Waals surface area contributed by atoms with Crippen LogP contribution in [0.1, 0.15) is 31.2 Å². The standard InChI is InChI=1S/C14H15N3O3/c1-10-8-11(17(19)20)4-5-12(10)16-13(18)14(9-15)6-2-3-7-14/h4-5,8H,2-3,6-7H2,1H3,(H,16,18). The number of nitrogens with zero attached hydrogens (tertiary/aromatic N) is 2. The highest BCUT2D eigenvalue weighted by Crippen LogP contribution is 2.38. The van der Waals surface area contributed by atoms with Crippen LogP contribution in [0.15, 0.2) is 18.2 Å². The fraction of sp³-hybridized carbons (Fsp3) is 0.429. The van der Waals surface area contributed by atoms with Crippen LogP contribution in [0.5, 0.6) is 0 Å². The van der Waals surface area contributed by atoms with Crippen molar-refractivity contribution in [1.82, 2.24) is 0 Å². The van der Waals surface area contributed by atoms with Gasteiger partial charge in [0, 0.05) is 17.8 Å². The van der Waals surface area contributed by atoms with Crippen molar-refractivity contribution in [3.63, 3.8) is 0 Å². The molecule has 1 aromatic rings. The Morgan fingerprint density at radius 1 is 1.45 bits per heavy atom. The molecular formula is C14H15N3O3. The molecule has 1 amide bonds. The second kappa shape index (κ2) is 5.29. The molecule has 1 saturated carbocycles. The van der Waals surface area contributed by atoms with E-state index in [0.717, 1.165) is 12.8 Å². The Morgan fingerprint density at radius 3 is 2.60 bits per heavy atom. The first kappa shape index (κ1) is 14.0. The molecule has 0 atom stereocenters. The van der Waals surface area contributed by atoms with E-state index in [2.05, 4.69) is 11.4 Å². The van der Waals surface area contributed by atoms with Crippen molar-refractivity contribution in [2.75, 3.05) is 5.32 Å². The van der Waals surface area contributed by atoms with E-state index >= 15 is 0 Å². The van der Waals surface area contributed by atoms with Crippen LogP contribution in [0.3, 0.4) is 0 Å². The number of carbonyl (C=O) groups excluding carboxylic acids is 1. The van der Waals surface area contributed by atoms with Crippen molar-refractivity contribution >= 4 is 17.3 Å². The van der Waals surface area contributed by atoms with Crippen LogP contribution in [-0.2, 0) is 4.79 Å². The van der Waals surface area contributed by atoms with Gasteiger partial charge in [-0.3, -0.25) is 14.9 Å². The van der Waals surface area contributed by atoms with E-state index in [-0.39, 0.29) is 11.6 Å². The van der Waals surface area contributed by atoms with Gasteiger partial charge < -0.3 is 5.32 Å². The number of nitriles is 1. The van der Waals surface area contributed by atoms with Crippen LogP contribution >= 0.6 is 0 Å². The number of anilines is 1. The van der Waals surface area contributed by atoms with Crippen molar-refractivity contribution in [2.24, 2.45) is 5.41 Å². The Hall–Kier alpha value is -2.42. The number of aryl methyl sites for hydroxylation is 1. The molecule has 0 radical (unpaired) electrons. The van der Waals surface area contributed by atoms with Gasteiger partial charge in [0.1, 0.15) is 5.41 Å². The minimum absolute atomic E-state index is 0.0173. The third-order valence-electron chi connectivity index (χ3n) is 3.77. The summed E-state index contributed by atoms with van der Waals surface area (Å²) >= 11 is 0. The van der Waals surface area contributed by atoms with Gasteiger partial charge in [0.25, 0.3) is 5.69 Å². The fourth-order valence-corrected chi connectivity index (χ4v) is 2.51. The maximum atomic E-state index is 12.3. The molecule has 1 fully saturated rings. The molecule has 1 aliphatic carbocycles. The molecule has 0 aliphatic heterocycles. The quantitative estimate of drug-likeness (QED) is 0.676. The van der Waals surface area contributed by atoms with Gasteiger partial charge in [0.05, 0.1) is 11.0 Å². The zero-order valence-corrected chi connectivity index (χ0v) is 11.2. The predicted molar refractivity (Wildman–Crippen MR) is 73.0 cm³/mol. The summed E-state index contributed by atoms with van der Waals surface area (Å²) in [5, 5.41) is 22.6. The minimum Gasteiger partial charge on any atom is -0.324 e. The Kier molecular flexibility index (Phi) is 3.70. The maximum Gasteiger partial charge on any atom is 0.269 e. The SMILES string of the molecule is Cc1cc([N+](=O)[O-])ccc1NC(=O)C1(C#N)CCCC1. The summed E-state index contributed by atoms with van der Waals surface area (Å²) in [6, 6.07) is 6.38. The number of amides is 1. The number of nitro benzene ring substituents is 1. The van der Waals surface area contributed by atoms with Crippen LogP contribution in [0, 0.1) is 33.8 Å². The van der Waals surface area contributed by atoms with Gasteiger partial charge in [-0.25, -0.2) is 0 Å². The van der Waals surface area contributed by atoms with Gasteiger partial charge in [0.15, 0.2) is 0 Å². The molecule has 0 saturated heterocycles. The van der Waals surface area contributed by atoms with Crippen LogP contribution in [0.4, 0.5) is 11.4 Å². The maximum absolute atomic E-state index is 12.3. The molecule has 20 heavy (non-hydrogen) atoms. The number of nitrogens with one attached hydrogen (secondary N) is 1. The van der Waals surface area contributed by atoms with Crippen molar-refractivity contribution in [3.05, 3.63) is 33.9 Å². The van der Waals surface area contributed by atoms with Crippen molar-refractivity contribution in [3.8, 4) is 6.07 Å². The summed E-state index contributed by atoms with van der Waals surface area (Å²) in [4.78, 5) is 22.5. The number of benzene rings is 1. The monoisotopic (exact) mass is 273 g/mol. The number of nitro groups is 1. The normalized spacial score (nSPS) is 16.4. The van der Waals surface area contributed by atoms with Crippen molar-refractivity contribution < 1.29 is 9.72 Å². The Balaban J connectivity index is 2.20. The van der Waals surface area contributed by atoms with E-state index in [4.69, 9.17) is 0 Å². The van der Waals surface area contributed by atoms with Gasteiger partial charge in [-0.2, -0.15) is 5.26 Å². The molecule has 104 valence electrons. The summed E-state index contributed by atoms with van der Waals surface area (Å²) in [5.41, 5.74) is 0.158. The van der Waals surface area contributed by atoms with E-state index in [9.17, 15) is 20.2 Å². The highest BCUT2D eigenvalue weighted by molar-refractivity contribution is 5.98. The summed E-state index contributed by atoms with van der Waals surface area (Å²) < 4.78 is 0. The molecule has 0 bridgehead atoms. The average molecular weight is 273 g/mol. The Morgan fingerprint density at radius 2 is 2.10 bits per heavy atom. The van der Waals surface area contributed by atoms with Crippen LogP contribution in [-0.4, -0.2) is 10.8 Å². The molecule has 0 aromatic heterocycles. The Labute approximate surface area is 116 Å². The largest absolute Gasteiger partial charge is 0.324 e. The van der Waals surface area contributed by atoms with Gasteiger partial charge in [-0.15, -0.1) is 0 Å². The third kappa shape index (κ3) is 2.48. The highest BCUT2D eigenvalue weighted by atomic mass is 16.6. The first-order valence-electron chi connectivity index (χ1n) is 6.46. The third-order valence-corrected chi connectivity index (χ3v) is 3.77. The predicted octanol–water partition coefficient (Wildman–Crippen LogP) is 2.93. The van der Waals surface area contributed by atoms with E-state index in [1.54, 1.807) is 6.92 Å². The van der Waals surface area contributed by atoms with Crippen LogP contribution < -0.4 is 5.32 Å². The molecule has 2 rings (SSSR count). The Bertz CT molecular complexity index is 598. The van der Waals surface area contributed by atoms with E-state index in [1.165, 1.54) is 18.2 Å². The molecule has 0 spiro atoms. The number of hydrogen-bond acceptors (Lipinski definition) is 4. The van der Waals surface area contributed by atoms with Gasteiger partial charge >= 0.3 is 0 Å². The van der Waals surface area contributed by atoms with E-state index < -0.39 is 10.3 Å². The van der Waals surface area contributed by atoms with Gasteiger partial charge in [-0.1, -0.05) is 12.8 Å². The second-order valence-electron chi connectivity index (χ2n) is 5.11. The highest BCUT2D eigenvalue weighted by Gasteiger charge is 2.41. The fourth-order valence-electron chi connectivity index (χ4n) is 2.51.